The largest absolute Gasteiger partial charge is 0.381 e. The van der Waals surface area contributed by atoms with Crippen LogP contribution in [0.15, 0.2) is 36.7 Å². The van der Waals surface area contributed by atoms with Crippen molar-refractivity contribution in [2.45, 2.75) is 25.2 Å². The molecule has 0 spiro atoms. The average Bonchev–Trinajstić information content (AvgIpc) is 3.39. The number of rotatable bonds is 4. The number of nitrogens with zero attached hydrogens (tertiary/aromatic N) is 6. The van der Waals surface area contributed by atoms with Crippen LogP contribution in [-0.4, -0.2) is 62.5 Å². The van der Waals surface area contributed by atoms with Crippen LogP contribution in [0, 0.1) is 5.92 Å². The molecule has 0 aliphatic carbocycles. The fourth-order valence-corrected chi connectivity index (χ4v) is 4.19. The third kappa shape index (κ3) is 3.44. The maximum absolute atomic E-state index is 5.51. The summed E-state index contributed by atoms with van der Waals surface area (Å²) in [5.74, 6) is 2.10. The summed E-state index contributed by atoms with van der Waals surface area (Å²) in [6, 6.07) is 7.92. The van der Waals surface area contributed by atoms with E-state index in [2.05, 4.69) is 20.1 Å². The molecular weight excluding hydrogens is 340 g/mol. The van der Waals surface area contributed by atoms with Crippen molar-refractivity contribution in [2.75, 3.05) is 32.8 Å². The first-order valence-electron chi connectivity index (χ1n) is 9.80. The molecule has 1 atom stereocenters. The summed E-state index contributed by atoms with van der Waals surface area (Å²) < 4.78 is 7.44. The van der Waals surface area contributed by atoms with E-state index >= 15 is 0 Å². The van der Waals surface area contributed by atoms with Crippen LogP contribution in [0.25, 0.3) is 16.9 Å². The van der Waals surface area contributed by atoms with E-state index in [1.165, 1.54) is 6.42 Å². The maximum atomic E-state index is 5.51. The summed E-state index contributed by atoms with van der Waals surface area (Å²) in [7, 11) is 0. The number of hydrogen-bond donors (Lipinski definition) is 0. The topological polar surface area (TPSA) is 68.4 Å². The average molecular weight is 364 g/mol. The van der Waals surface area contributed by atoms with Gasteiger partial charge in [0.05, 0.1) is 12.3 Å². The predicted octanol–water partition coefficient (Wildman–Crippen LogP) is 2.40. The Morgan fingerprint density at radius 1 is 1.07 bits per heavy atom. The van der Waals surface area contributed by atoms with Crippen molar-refractivity contribution in [3.8, 4) is 11.3 Å². The Bertz CT molecular complexity index is 897. The predicted molar refractivity (Wildman–Crippen MR) is 101 cm³/mol. The van der Waals surface area contributed by atoms with Crippen LogP contribution in [0.4, 0.5) is 0 Å². The first-order valence-corrected chi connectivity index (χ1v) is 9.80. The van der Waals surface area contributed by atoms with Gasteiger partial charge in [-0.05, 0) is 62.5 Å². The second kappa shape index (κ2) is 7.32. The van der Waals surface area contributed by atoms with Gasteiger partial charge in [0.1, 0.15) is 0 Å². The van der Waals surface area contributed by atoms with Crippen molar-refractivity contribution >= 4 is 5.65 Å². The van der Waals surface area contributed by atoms with Gasteiger partial charge in [0.25, 0.3) is 0 Å². The quantitative estimate of drug-likeness (QED) is 0.708. The number of hydrogen-bond acceptors (Lipinski definition) is 6. The molecule has 0 saturated carbocycles. The third-order valence-electron chi connectivity index (χ3n) is 5.74. The highest BCUT2D eigenvalue weighted by Gasteiger charge is 2.27. The number of ether oxygens (including phenoxy) is 1. The zero-order valence-corrected chi connectivity index (χ0v) is 15.4. The van der Waals surface area contributed by atoms with Gasteiger partial charge >= 0.3 is 0 Å². The summed E-state index contributed by atoms with van der Waals surface area (Å²) in [6.07, 6.45) is 7.03. The summed E-state index contributed by atoms with van der Waals surface area (Å²) in [4.78, 5) is 6.77. The van der Waals surface area contributed by atoms with E-state index in [4.69, 9.17) is 9.84 Å². The van der Waals surface area contributed by atoms with Crippen LogP contribution < -0.4 is 0 Å². The van der Waals surface area contributed by atoms with E-state index in [9.17, 15) is 0 Å². The van der Waals surface area contributed by atoms with Gasteiger partial charge in [0, 0.05) is 37.0 Å². The van der Waals surface area contributed by atoms with Crippen molar-refractivity contribution in [1.82, 2.24) is 29.7 Å². The van der Waals surface area contributed by atoms with E-state index in [0.717, 1.165) is 68.4 Å². The zero-order chi connectivity index (χ0) is 18.1. The first-order chi connectivity index (χ1) is 13.4. The van der Waals surface area contributed by atoms with Gasteiger partial charge in [-0.2, -0.15) is 9.61 Å². The Morgan fingerprint density at radius 3 is 2.78 bits per heavy atom. The Kier molecular flexibility index (Phi) is 4.55. The van der Waals surface area contributed by atoms with Crippen molar-refractivity contribution in [3.05, 3.63) is 42.5 Å². The van der Waals surface area contributed by atoms with Crippen molar-refractivity contribution < 1.29 is 4.74 Å². The fourth-order valence-electron chi connectivity index (χ4n) is 4.19. The van der Waals surface area contributed by atoms with Gasteiger partial charge in [0.15, 0.2) is 11.5 Å². The Hall–Kier alpha value is -2.38. The smallest absolute Gasteiger partial charge is 0.177 e. The number of piperidine rings is 1. The summed E-state index contributed by atoms with van der Waals surface area (Å²) in [6.45, 7) is 5.24. The fraction of sp³-hybridized carbons (Fsp3) is 0.500. The molecule has 0 amide bonds. The molecule has 0 N–H and O–H groups in total. The van der Waals surface area contributed by atoms with Crippen LogP contribution in [0.5, 0.6) is 0 Å². The van der Waals surface area contributed by atoms with Gasteiger partial charge in [-0.25, -0.2) is 0 Å². The minimum Gasteiger partial charge on any atom is -0.381 e. The highest BCUT2D eigenvalue weighted by atomic mass is 16.5. The Balaban J connectivity index is 1.33. The van der Waals surface area contributed by atoms with E-state index in [0.29, 0.717) is 11.8 Å². The van der Waals surface area contributed by atoms with Crippen molar-refractivity contribution in [2.24, 2.45) is 5.92 Å². The molecule has 5 heterocycles. The molecule has 3 aromatic heterocycles. The van der Waals surface area contributed by atoms with Gasteiger partial charge in [-0.15, -0.1) is 10.2 Å². The van der Waals surface area contributed by atoms with E-state index in [-0.39, 0.29) is 0 Å². The Labute approximate surface area is 158 Å². The Morgan fingerprint density at radius 2 is 2.00 bits per heavy atom. The monoisotopic (exact) mass is 364 g/mol. The molecule has 7 nitrogen and oxygen atoms in total. The molecule has 27 heavy (non-hydrogen) atoms. The van der Waals surface area contributed by atoms with Crippen LogP contribution in [0.1, 0.15) is 31.0 Å². The molecule has 3 aromatic rings. The molecule has 5 rings (SSSR count). The van der Waals surface area contributed by atoms with Gasteiger partial charge in [-0.3, -0.25) is 4.98 Å². The third-order valence-corrected chi connectivity index (χ3v) is 5.74. The van der Waals surface area contributed by atoms with Crippen molar-refractivity contribution in [1.29, 1.82) is 0 Å². The molecule has 0 radical (unpaired) electrons. The molecule has 2 aliphatic heterocycles. The van der Waals surface area contributed by atoms with Crippen LogP contribution in [-0.2, 0) is 4.74 Å². The molecule has 0 bridgehead atoms. The van der Waals surface area contributed by atoms with E-state index < -0.39 is 0 Å². The molecule has 1 unspecified atom stereocenters. The molecule has 2 fully saturated rings. The highest BCUT2D eigenvalue weighted by Crippen LogP contribution is 2.28. The second-order valence-corrected chi connectivity index (χ2v) is 7.59. The molecule has 2 aliphatic rings. The van der Waals surface area contributed by atoms with Gasteiger partial charge in [0.2, 0.25) is 0 Å². The number of fused-ring (bicyclic) bond motifs is 1. The SMILES string of the molecule is c1cncc(-c2ccc3nnc(C4CCN(CC5CCOC5)CC4)n3n2)c1. The minimum absolute atomic E-state index is 0.410. The molecule has 140 valence electrons. The molecule has 0 aromatic carbocycles. The van der Waals surface area contributed by atoms with Gasteiger partial charge in [-0.1, -0.05) is 0 Å². The van der Waals surface area contributed by atoms with Crippen LogP contribution >= 0.6 is 0 Å². The number of pyridine rings is 1. The van der Waals surface area contributed by atoms with E-state index in [1.54, 1.807) is 6.20 Å². The van der Waals surface area contributed by atoms with Crippen LogP contribution in [0.3, 0.4) is 0 Å². The summed E-state index contributed by atoms with van der Waals surface area (Å²) >= 11 is 0. The number of aromatic nitrogens is 5. The first kappa shape index (κ1) is 16.8. The lowest BCUT2D eigenvalue weighted by molar-refractivity contribution is 0.151. The zero-order valence-electron chi connectivity index (χ0n) is 15.4. The van der Waals surface area contributed by atoms with Crippen LogP contribution in [0.2, 0.25) is 0 Å². The van der Waals surface area contributed by atoms with Crippen molar-refractivity contribution in [3.63, 3.8) is 0 Å². The normalized spacial score (nSPS) is 21.9. The standard InChI is InChI=1S/C20H24N6O/c1-2-17(12-21-8-1)18-3-4-19-22-23-20(26(19)24-18)16-5-9-25(10-6-16)13-15-7-11-27-14-15/h1-4,8,12,15-16H,5-7,9-11,13-14H2. The summed E-state index contributed by atoms with van der Waals surface area (Å²) in [5.41, 5.74) is 2.71. The minimum atomic E-state index is 0.410. The lowest BCUT2D eigenvalue weighted by Crippen LogP contribution is -2.37. The highest BCUT2D eigenvalue weighted by molar-refractivity contribution is 5.58. The van der Waals surface area contributed by atoms with Gasteiger partial charge < -0.3 is 9.64 Å². The van der Waals surface area contributed by atoms with E-state index in [1.807, 2.05) is 35.0 Å². The lowest BCUT2D eigenvalue weighted by atomic mass is 9.95. The lowest BCUT2D eigenvalue weighted by Gasteiger charge is -2.32. The second-order valence-electron chi connectivity index (χ2n) is 7.59. The molecule has 7 heteroatoms. The summed E-state index contributed by atoms with van der Waals surface area (Å²) in [5, 5.41) is 13.6. The molecular formula is C20H24N6O. The maximum Gasteiger partial charge on any atom is 0.177 e. The number of likely N-dealkylation sites (tertiary alicyclic amines) is 1. The molecule has 2 saturated heterocycles.